The summed E-state index contributed by atoms with van der Waals surface area (Å²) in [6, 6.07) is 12.2. The van der Waals surface area contributed by atoms with Crippen molar-refractivity contribution in [2.24, 2.45) is 0 Å². The molecule has 0 aliphatic carbocycles. The Morgan fingerprint density at radius 3 is 2.94 bits per heavy atom. The molecule has 1 aliphatic heterocycles. The van der Waals surface area contributed by atoms with Gasteiger partial charge in [-0.15, -0.1) is 0 Å². The van der Waals surface area contributed by atoms with Crippen LogP contribution in [0.1, 0.15) is 11.3 Å². The lowest BCUT2D eigenvalue weighted by atomic mass is 10.1. The number of aromatic nitrogens is 1. The van der Waals surface area contributed by atoms with E-state index in [1.54, 1.807) is 0 Å². The molecule has 0 spiro atoms. The second kappa shape index (κ2) is 4.09. The van der Waals surface area contributed by atoms with Crippen molar-refractivity contribution in [2.75, 3.05) is 17.2 Å². The zero-order valence-corrected chi connectivity index (χ0v) is 9.63. The van der Waals surface area contributed by atoms with Crippen LogP contribution in [0, 0.1) is 0 Å². The van der Waals surface area contributed by atoms with E-state index >= 15 is 0 Å². The number of nitrogens with two attached hydrogens (primary N) is 1. The molecule has 0 radical (unpaired) electrons. The average Bonchev–Trinajstić information content (AvgIpc) is 2.76. The lowest BCUT2D eigenvalue weighted by molar-refractivity contribution is 0.815. The first-order chi connectivity index (χ1) is 8.34. The number of nitrogens with zero attached hydrogens (tertiary/aromatic N) is 2. The molecule has 3 nitrogen and oxygen atoms in total. The van der Waals surface area contributed by atoms with Crippen molar-refractivity contribution in [3.63, 3.8) is 0 Å². The van der Waals surface area contributed by atoms with Crippen LogP contribution in [0.25, 0.3) is 0 Å². The van der Waals surface area contributed by atoms with Gasteiger partial charge in [0.2, 0.25) is 0 Å². The topological polar surface area (TPSA) is 42.1 Å². The number of hydrogen-bond acceptors (Lipinski definition) is 3. The minimum absolute atomic E-state index is 0.858. The normalized spacial score (nSPS) is 13.8. The standard InChI is InChI=1S/C14H15N3/c15-13-5-3-6-14-12(13)7-9-17(14)10-11-4-1-2-8-16-11/h1-6,8H,7,9-10,15H2. The Balaban J connectivity index is 1.87. The summed E-state index contributed by atoms with van der Waals surface area (Å²) in [5.74, 6) is 0. The van der Waals surface area contributed by atoms with Crippen molar-refractivity contribution in [1.29, 1.82) is 0 Å². The average molecular weight is 225 g/mol. The Morgan fingerprint density at radius 2 is 2.12 bits per heavy atom. The molecule has 0 unspecified atom stereocenters. The molecule has 2 aromatic rings. The maximum atomic E-state index is 5.99. The van der Waals surface area contributed by atoms with Gasteiger partial charge in [-0.1, -0.05) is 12.1 Å². The molecule has 0 fully saturated rings. The summed E-state index contributed by atoms with van der Waals surface area (Å²) in [6.07, 6.45) is 2.88. The first-order valence-corrected chi connectivity index (χ1v) is 5.87. The van der Waals surface area contributed by atoms with E-state index in [0.29, 0.717) is 0 Å². The van der Waals surface area contributed by atoms with E-state index in [1.807, 2.05) is 30.5 Å². The number of nitrogen functional groups attached to an aromatic ring is 1. The highest BCUT2D eigenvalue weighted by atomic mass is 15.2. The minimum Gasteiger partial charge on any atom is -0.398 e. The molecular weight excluding hydrogens is 210 g/mol. The number of anilines is 2. The zero-order chi connectivity index (χ0) is 11.7. The Bertz CT molecular complexity index is 522. The fourth-order valence-corrected chi connectivity index (χ4v) is 2.38. The van der Waals surface area contributed by atoms with Crippen molar-refractivity contribution in [2.45, 2.75) is 13.0 Å². The Labute approximate surface area is 101 Å². The second-order valence-corrected chi connectivity index (χ2v) is 4.34. The van der Waals surface area contributed by atoms with E-state index in [2.05, 4.69) is 22.0 Å². The van der Waals surface area contributed by atoms with Crippen LogP contribution in [-0.2, 0) is 13.0 Å². The van der Waals surface area contributed by atoms with Gasteiger partial charge in [0.15, 0.2) is 0 Å². The van der Waals surface area contributed by atoms with Gasteiger partial charge < -0.3 is 10.6 Å². The van der Waals surface area contributed by atoms with Crippen LogP contribution in [0.3, 0.4) is 0 Å². The number of hydrogen-bond donors (Lipinski definition) is 1. The van der Waals surface area contributed by atoms with Gasteiger partial charge in [0.1, 0.15) is 0 Å². The van der Waals surface area contributed by atoms with Crippen LogP contribution >= 0.6 is 0 Å². The molecule has 0 saturated carbocycles. The third-order valence-corrected chi connectivity index (χ3v) is 3.24. The van der Waals surface area contributed by atoms with Crippen LogP contribution in [0.15, 0.2) is 42.6 Å². The highest BCUT2D eigenvalue weighted by Gasteiger charge is 2.20. The molecule has 1 aromatic carbocycles. The van der Waals surface area contributed by atoms with E-state index in [1.165, 1.54) is 11.3 Å². The highest BCUT2D eigenvalue weighted by molar-refractivity contribution is 5.68. The van der Waals surface area contributed by atoms with Gasteiger partial charge in [-0.2, -0.15) is 0 Å². The van der Waals surface area contributed by atoms with Gasteiger partial charge in [-0.05, 0) is 30.7 Å². The lowest BCUT2D eigenvalue weighted by Crippen LogP contribution is -2.20. The maximum Gasteiger partial charge on any atom is 0.0602 e. The van der Waals surface area contributed by atoms with Gasteiger partial charge in [0.25, 0.3) is 0 Å². The number of benzene rings is 1. The minimum atomic E-state index is 0.858. The third-order valence-electron chi connectivity index (χ3n) is 3.24. The molecule has 3 rings (SSSR count). The molecule has 0 atom stereocenters. The summed E-state index contributed by atoms with van der Waals surface area (Å²) >= 11 is 0. The highest BCUT2D eigenvalue weighted by Crippen LogP contribution is 2.32. The summed E-state index contributed by atoms with van der Waals surface area (Å²) in [5.41, 5.74) is 10.5. The van der Waals surface area contributed by atoms with Crippen molar-refractivity contribution in [3.8, 4) is 0 Å². The van der Waals surface area contributed by atoms with E-state index in [4.69, 9.17) is 5.73 Å². The molecular formula is C14H15N3. The van der Waals surface area contributed by atoms with E-state index in [-0.39, 0.29) is 0 Å². The van der Waals surface area contributed by atoms with E-state index in [9.17, 15) is 0 Å². The second-order valence-electron chi connectivity index (χ2n) is 4.34. The molecule has 3 heteroatoms. The Hall–Kier alpha value is -2.03. The van der Waals surface area contributed by atoms with Gasteiger partial charge in [0.05, 0.1) is 12.2 Å². The fraction of sp³-hybridized carbons (Fsp3) is 0.214. The molecule has 0 saturated heterocycles. The summed E-state index contributed by atoms with van der Waals surface area (Å²) in [6.45, 7) is 1.89. The smallest absolute Gasteiger partial charge is 0.0602 e. The van der Waals surface area contributed by atoms with Crippen molar-refractivity contribution in [1.82, 2.24) is 4.98 Å². The van der Waals surface area contributed by atoms with Crippen LogP contribution in [0.5, 0.6) is 0 Å². The quantitative estimate of drug-likeness (QED) is 0.797. The monoisotopic (exact) mass is 225 g/mol. The molecule has 17 heavy (non-hydrogen) atoms. The summed E-state index contributed by atoms with van der Waals surface area (Å²) in [5, 5.41) is 0. The zero-order valence-electron chi connectivity index (χ0n) is 9.63. The van der Waals surface area contributed by atoms with Crippen LogP contribution < -0.4 is 10.6 Å². The molecule has 2 N–H and O–H groups in total. The van der Waals surface area contributed by atoms with Crippen LogP contribution in [-0.4, -0.2) is 11.5 Å². The molecule has 2 heterocycles. The Morgan fingerprint density at radius 1 is 1.18 bits per heavy atom. The van der Waals surface area contributed by atoms with Crippen molar-refractivity contribution < 1.29 is 0 Å². The fourth-order valence-electron chi connectivity index (χ4n) is 2.38. The predicted molar refractivity (Wildman–Crippen MR) is 69.8 cm³/mol. The van der Waals surface area contributed by atoms with Crippen molar-refractivity contribution >= 4 is 11.4 Å². The molecule has 0 amide bonds. The summed E-state index contributed by atoms with van der Waals surface area (Å²) < 4.78 is 0. The van der Waals surface area contributed by atoms with Gasteiger partial charge in [-0.25, -0.2) is 0 Å². The number of pyridine rings is 1. The molecule has 1 aromatic heterocycles. The molecule has 1 aliphatic rings. The van der Waals surface area contributed by atoms with Crippen LogP contribution in [0.2, 0.25) is 0 Å². The summed E-state index contributed by atoms with van der Waals surface area (Å²) in [4.78, 5) is 6.71. The lowest BCUT2D eigenvalue weighted by Gasteiger charge is -2.18. The largest absolute Gasteiger partial charge is 0.398 e. The van der Waals surface area contributed by atoms with E-state index < -0.39 is 0 Å². The predicted octanol–water partition coefficient (Wildman–Crippen LogP) is 2.23. The van der Waals surface area contributed by atoms with Crippen LogP contribution in [0.4, 0.5) is 11.4 Å². The van der Waals surface area contributed by atoms with Gasteiger partial charge >= 0.3 is 0 Å². The maximum absolute atomic E-state index is 5.99. The number of rotatable bonds is 2. The first-order valence-electron chi connectivity index (χ1n) is 5.87. The third kappa shape index (κ3) is 1.84. The van der Waals surface area contributed by atoms with Crippen molar-refractivity contribution in [3.05, 3.63) is 53.9 Å². The van der Waals surface area contributed by atoms with Gasteiger partial charge in [-0.3, -0.25) is 4.98 Å². The molecule has 86 valence electrons. The first kappa shape index (κ1) is 10.1. The molecule has 0 bridgehead atoms. The van der Waals surface area contributed by atoms with Gasteiger partial charge in [0, 0.05) is 29.7 Å². The SMILES string of the molecule is Nc1cccc2c1CCN2Cc1ccccn1. The summed E-state index contributed by atoms with van der Waals surface area (Å²) in [7, 11) is 0. The Kier molecular flexibility index (Phi) is 2.44. The van der Waals surface area contributed by atoms with E-state index in [0.717, 1.165) is 30.9 Å². The number of fused-ring (bicyclic) bond motifs is 1.